The first kappa shape index (κ1) is 8.23. The quantitative estimate of drug-likeness (QED) is 0.557. The second kappa shape index (κ2) is 2.83. The molecule has 0 spiro atoms. The zero-order chi connectivity index (χ0) is 9.42. The van der Waals surface area contributed by atoms with Gasteiger partial charge >= 0.3 is 0 Å². The SMILES string of the molecule is Nc1ccc(F)cc1C(=O)C1CC1. The molecule has 2 rings (SSSR count). The minimum Gasteiger partial charge on any atom is -0.398 e. The molecule has 13 heavy (non-hydrogen) atoms. The van der Waals surface area contributed by atoms with E-state index in [1.807, 2.05) is 0 Å². The average Bonchev–Trinajstić information content (AvgIpc) is 2.91. The molecule has 1 saturated carbocycles. The molecule has 3 heteroatoms. The van der Waals surface area contributed by atoms with Gasteiger partial charge in [-0.05, 0) is 31.0 Å². The molecule has 0 aliphatic heterocycles. The fraction of sp³-hybridized carbons (Fsp3) is 0.300. The molecular formula is C10H10FNO. The van der Waals surface area contributed by atoms with Crippen LogP contribution in [0, 0.1) is 11.7 Å². The topological polar surface area (TPSA) is 43.1 Å². The number of nitrogens with two attached hydrogens (primary N) is 1. The molecule has 0 unspecified atom stereocenters. The molecule has 1 aromatic rings. The maximum Gasteiger partial charge on any atom is 0.168 e. The van der Waals surface area contributed by atoms with E-state index >= 15 is 0 Å². The van der Waals surface area contributed by atoms with E-state index in [1.54, 1.807) is 0 Å². The van der Waals surface area contributed by atoms with Crippen LogP contribution in [0.2, 0.25) is 0 Å². The third-order valence-corrected chi connectivity index (χ3v) is 2.23. The number of carbonyl (C=O) groups is 1. The highest BCUT2D eigenvalue weighted by molar-refractivity contribution is 6.03. The molecule has 0 atom stereocenters. The molecule has 0 heterocycles. The predicted octanol–water partition coefficient (Wildman–Crippen LogP) is 2.00. The van der Waals surface area contributed by atoms with Gasteiger partial charge in [0.1, 0.15) is 5.82 Å². The van der Waals surface area contributed by atoms with Gasteiger partial charge in [-0.1, -0.05) is 0 Å². The van der Waals surface area contributed by atoms with Crippen LogP contribution in [-0.4, -0.2) is 5.78 Å². The lowest BCUT2D eigenvalue weighted by molar-refractivity contribution is 0.0968. The van der Waals surface area contributed by atoms with Crippen molar-refractivity contribution >= 4 is 11.5 Å². The first-order valence-corrected chi connectivity index (χ1v) is 4.27. The summed E-state index contributed by atoms with van der Waals surface area (Å²) in [4.78, 5) is 11.5. The fourth-order valence-electron chi connectivity index (χ4n) is 1.31. The largest absolute Gasteiger partial charge is 0.398 e. The lowest BCUT2D eigenvalue weighted by Gasteiger charge is -2.02. The number of ketones is 1. The molecule has 0 bridgehead atoms. The van der Waals surface area contributed by atoms with E-state index in [-0.39, 0.29) is 11.7 Å². The van der Waals surface area contributed by atoms with Crippen LogP contribution in [0.4, 0.5) is 10.1 Å². The van der Waals surface area contributed by atoms with E-state index in [2.05, 4.69) is 0 Å². The minimum absolute atomic E-state index is 0.0167. The fourth-order valence-corrected chi connectivity index (χ4v) is 1.31. The van der Waals surface area contributed by atoms with Crippen molar-refractivity contribution in [3.8, 4) is 0 Å². The molecule has 1 aliphatic carbocycles. The van der Waals surface area contributed by atoms with Gasteiger partial charge in [0.25, 0.3) is 0 Å². The number of rotatable bonds is 2. The summed E-state index contributed by atoms with van der Waals surface area (Å²) in [6, 6.07) is 3.92. The maximum atomic E-state index is 12.8. The Labute approximate surface area is 75.6 Å². The van der Waals surface area contributed by atoms with Gasteiger partial charge in [0.05, 0.1) is 0 Å². The molecule has 1 fully saturated rings. The van der Waals surface area contributed by atoms with Crippen molar-refractivity contribution in [3.63, 3.8) is 0 Å². The summed E-state index contributed by atoms with van der Waals surface area (Å²) in [7, 11) is 0. The average molecular weight is 179 g/mol. The van der Waals surface area contributed by atoms with E-state index in [4.69, 9.17) is 5.73 Å². The Morgan fingerprint density at radius 1 is 1.46 bits per heavy atom. The van der Waals surface area contributed by atoms with Crippen molar-refractivity contribution in [2.45, 2.75) is 12.8 Å². The summed E-state index contributed by atoms with van der Waals surface area (Å²) in [5.74, 6) is -0.334. The van der Waals surface area contributed by atoms with Crippen LogP contribution in [0.15, 0.2) is 18.2 Å². The third kappa shape index (κ3) is 1.54. The van der Waals surface area contributed by atoms with Gasteiger partial charge in [-0.2, -0.15) is 0 Å². The van der Waals surface area contributed by atoms with Crippen LogP contribution in [-0.2, 0) is 0 Å². The molecule has 1 aliphatic rings. The number of benzene rings is 1. The number of halogens is 1. The van der Waals surface area contributed by atoms with Gasteiger partial charge in [0.2, 0.25) is 0 Å². The Hall–Kier alpha value is -1.38. The summed E-state index contributed by atoms with van der Waals surface area (Å²) in [6.45, 7) is 0. The van der Waals surface area contributed by atoms with Crippen molar-refractivity contribution in [3.05, 3.63) is 29.6 Å². The van der Waals surface area contributed by atoms with Gasteiger partial charge in [-0.3, -0.25) is 4.79 Å². The first-order chi connectivity index (χ1) is 6.18. The zero-order valence-electron chi connectivity index (χ0n) is 7.09. The number of nitrogen functional groups attached to an aromatic ring is 1. The van der Waals surface area contributed by atoms with Crippen LogP contribution in [0.3, 0.4) is 0 Å². The van der Waals surface area contributed by atoms with Crippen molar-refractivity contribution in [1.82, 2.24) is 0 Å². The molecule has 68 valence electrons. The summed E-state index contributed by atoms with van der Waals surface area (Å²) >= 11 is 0. The first-order valence-electron chi connectivity index (χ1n) is 4.27. The molecule has 0 amide bonds. The third-order valence-electron chi connectivity index (χ3n) is 2.23. The van der Waals surface area contributed by atoms with E-state index < -0.39 is 5.82 Å². The molecule has 2 N–H and O–H groups in total. The van der Waals surface area contributed by atoms with Crippen molar-refractivity contribution in [2.75, 3.05) is 5.73 Å². The Kier molecular flexibility index (Phi) is 1.79. The van der Waals surface area contributed by atoms with E-state index in [1.165, 1.54) is 18.2 Å². The normalized spacial score (nSPS) is 15.8. The Morgan fingerprint density at radius 2 is 2.15 bits per heavy atom. The van der Waals surface area contributed by atoms with Gasteiger partial charge < -0.3 is 5.73 Å². The van der Waals surface area contributed by atoms with Crippen molar-refractivity contribution < 1.29 is 9.18 Å². The van der Waals surface area contributed by atoms with Gasteiger partial charge in [0.15, 0.2) is 5.78 Å². The summed E-state index contributed by atoms with van der Waals surface area (Å²) in [6.07, 6.45) is 1.82. The molecule has 2 nitrogen and oxygen atoms in total. The molecule has 0 aromatic heterocycles. The monoisotopic (exact) mass is 179 g/mol. The second-order valence-electron chi connectivity index (χ2n) is 3.37. The van der Waals surface area contributed by atoms with Crippen LogP contribution in [0.5, 0.6) is 0 Å². The Balaban J connectivity index is 2.37. The molecule has 0 saturated heterocycles. The van der Waals surface area contributed by atoms with Gasteiger partial charge in [0, 0.05) is 17.2 Å². The van der Waals surface area contributed by atoms with Gasteiger partial charge in [-0.15, -0.1) is 0 Å². The van der Waals surface area contributed by atoms with Crippen LogP contribution in [0.1, 0.15) is 23.2 Å². The Morgan fingerprint density at radius 3 is 2.77 bits per heavy atom. The van der Waals surface area contributed by atoms with Crippen LogP contribution < -0.4 is 5.73 Å². The minimum atomic E-state index is -0.404. The smallest absolute Gasteiger partial charge is 0.168 e. The lowest BCUT2D eigenvalue weighted by atomic mass is 10.1. The number of hydrogen-bond acceptors (Lipinski definition) is 2. The predicted molar refractivity (Wildman–Crippen MR) is 47.9 cm³/mol. The standard InChI is InChI=1S/C10H10FNO/c11-7-3-4-9(12)8(5-7)10(13)6-1-2-6/h3-6H,1-2,12H2. The summed E-state index contributed by atoms with van der Waals surface area (Å²) in [5, 5.41) is 0. The summed E-state index contributed by atoms with van der Waals surface area (Å²) in [5.41, 5.74) is 6.28. The highest BCUT2D eigenvalue weighted by atomic mass is 19.1. The van der Waals surface area contributed by atoms with Crippen LogP contribution >= 0.6 is 0 Å². The zero-order valence-corrected chi connectivity index (χ0v) is 7.09. The number of carbonyl (C=O) groups excluding carboxylic acids is 1. The van der Waals surface area contributed by atoms with E-state index in [9.17, 15) is 9.18 Å². The highest BCUT2D eigenvalue weighted by Crippen LogP contribution is 2.34. The maximum absolute atomic E-state index is 12.8. The second-order valence-corrected chi connectivity index (χ2v) is 3.37. The highest BCUT2D eigenvalue weighted by Gasteiger charge is 2.31. The number of hydrogen-bond donors (Lipinski definition) is 1. The summed E-state index contributed by atoms with van der Waals surface area (Å²) < 4.78 is 12.8. The number of Topliss-reactive ketones (excluding diaryl/α,β-unsaturated/α-hetero) is 1. The van der Waals surface area contributed by atoms with E-state index in [0.717, 1.165) is 12.8 Å². The Bertz CT molecular complexity index is 358. The number of anilines is 1. The van der Waals surface area contributed by atoms with Gasteiger partial charge in [-0.25, -0.2) is 4.39 Å². The lowest BCUT2D eigenvalue weighted by Crippen LogP contribution is -2.05. The molecule has 1 aromatic carbocycles. The van der Waals surface area contributed by atoms with Crippen molar-refractivity contribution in [1.29, 1.82) is 0 Å². The van der Waals surface area contributed by atoms with Crippen molar-refractivity contribution in [2.24, 2.45) is 5.92 Å². The molecule has 0 radical (unpaired) electrons. The van der Waals surface area contributed by atoms with Crippen LogP contribution in [0.25, 0.3) is 0 Å². The van der Waals surface area contributed by atoms with E-state index in [0.29, 0.717) is 11.3 Å². The molecular weight excluding hydrogens is 169 g/mol.